The third-order valence-electron chi connectivity index (χ3n) is 7.98. The number of fused-ring (bicyclic) bond motifs is 3. The van der Waals surface area contributed by atoms with Crippen LogP contribution in [-0.2, 0) is 15.0 Å². The van der Waals surface area contributed by atoms with E-state index in [1.165, 1.54) is 19.9 Å². The number of nitrogens with one attached hydrogen (secondary N) is 1. The van der Waals surface area contributed by atoms with Crippen LogP contribution in [0.25, 0.3) is 0 Å². The van der Waals surface area contributed by atoms with Gasteiger partial charge in [-0.3, -0.25) is 14.4 Å². The first kappa shape index (κ1) is 27.8. The molecule has 212 valence electrons. The highest BCUT2D eigenvalue weighted by molar-refractivity contribution is 6.31. The minimum absolute atomic E-state index is 0.00379. The van der Waals surface area contributed by atoms with Crippen LogP contribution in [0, 0.1) is 6.92 Å². The Labute approximate surface area is 237 Å². The summed E-state index contributed by atoms with van der Waals surface area (Å²) in [4.78, 5) is 39.6. The molecule has 0 fully saturated rings. The minimum Gasteiger partial charge on any atom is -0.507 e. The summed E-state index contributed by atoms with van der Waals surface area (Å²) in [6.07, 6.45) is 3.38. The highest BCUT2D eigenvalue weighted by atomic mass is 16.5. The molecule has 2 atom stereocenters. The molecule has 0 spiro atoms. The fourth-order valence-electron chi connectivity index (χ4n) is 5.75. The normalized spacial score (nSPS) is 19.6. The molecule has 9 nitrogen and oxygen atoms in total. The van der Waals surface area contributed by atoms with Crippen molar-refractivity contribution in [3.63, 3.8) is 0 Å². The lowest BCUT2D eigenvalue weighted by Crippen LogP contribution is -2.41. The van der Waals surface area contributed by atoms with Gasteiger partial charge in [-0.05, 0) is 52.3 Å². The number of rotatable bonds is 8. The van der Waals surface area contributed by atoms with E-state index in [0.29, 0.717) is 18.7 Å². The van der Waals surface area contributed by atoms with Crippen LogP contribution >= 0.6 is 0 Å². The highest BCUT2D eigenvalue weighted by Crippen LogP contribution is 2.57. The molecule has 0 bridgehead atoms. The Balaban J connectivity index is 1.48. The van der Waals surface area contributed by atoms with E-state index in [2.05, 4.69) is 5.32 Å². The molecular formula is C32H31NO8. The third kappa shape index (κ3) is 4.28. The molecule has 0 amide bonds. The van der Waals surface area contributed by atoms with Crippen molar-refractivity contribution in [2.24, 2.45) is 0 Å². The maximum absolute atomic E-state index is 14.0. The second-order valence-electron chi connectivity index (χ2n) is 10.4. The zero-order valence-electron chi connectivity index (χ0n) is 23.5. The Hall–Kier alpha value is -4.79. The number of hydrogen-bond donors (Lipinski definition) is 3. The average Bonchev–Trinajstić information content (AvgIpc) is 3.57. The first-order valence-electron chi connectivity index (χ1n) is 13.2. The van der Waals surface area contributed by atoms with Crippen molar-refractivity contribution in [3.8, 4) is 23.0 Å². The molecule has 41 heavy (non-hydrogen) atoms. The van der Waals surface area contributed by atoms with Crippen LogP contribution in [0.1, 0.15) is 65.9 Å². The quantitative estimate of drug-likeness (QED) is 0.199. The Morgan fingerprint density at radius 1 is 1.10 bits per heavy atom. The number of ether oxygens (including phenoxy) is 2. The molecule has 0 saturated carbocycles. The molecule has 1 aromatic heterocycles. The zero-order valence-corrected chi connectivity index (χ0v) is 23.5. The van der Waals surface area contributed by atoms with Gasteiger partial charge >= 0.3 is 0 Å². The second-order valence-corrected chi connectivity index (χ2v) is 10.4. The minimum atomic E-state index is -1.57. The van der Waals surface area contributed by atoms with Crippen LogP contribution in [0.3, 0.4) is 0 Å². The molecule has 1 aliphatic heterocycles. The van der Waals surface area contributed by atoms with Gasteiger partial charge in [-0.15, -0.1) is 0 Å². The van der Waals surface area contributed by atoms with E-state index >= 15 is 0 Å². The molecule has 2 heterocycles. The number of benzene rings is 2. The topological polar surface area (TPSA) is 135 Å². The predicted octanol–water partition coefficient (Wildman–Crippen LogP) is 4.98. The molecule has 5 rings (SSSR count). The van der Waals surface area contributed by atoms with Gasteiger partial charge in [0.15, 0.2) is 17.3 Å². The number of furan rings is 1. The van der Waals surface area contributed by atoms with Crippen LogP contribution in [0.4, 0.5) is 0 Å². The SMILES string of the molecule is COc1ccccc1[C@H](CCN/C(C)=C1\C(=O)C=C2Oc3c(C(C)=O)c(O)c(C)c(O)c3[C@@]2(C)C1=O)c1ccco1. The number of carbonyl (C=O) groups is 3. The van der Waals surface area contributed by atoms with Crippen LogP contribution in [-0.4, -0.2) is 41.2 Å². The Kier molecular flexibility index (Phi) is 6.98. The van der Waals surface area contributed by atoms with E-state index in [1.54, 1.807) is 27.2 Å². The number of para-hydroxylation sites is 1. The van der Waals surface area contributed by atoms with E-state index < -0.39 is 28.5 Å². The van der Waals surface area contributed by atoms with E-state index in [-0.39, 0.29) is 45.4 Å². The number of hydrogen-bond acceptors (Lipinski definition) is 9. The third-order valence-corrected chi connectivity index (χ3v) is 7.98. The first-order chi connectivity index (χ1) is 19.5. The maximum atomic E-state index is 14.0. The van der Waals surface area contributed by atoms with Crippen molar-refractivity contribution in [2.75, 3.05) is 13.7 Å². The van der Waals surface area contributed by atoms with Crippen molar-refractivity contribution in [2.45, 2.75) is 45.4 Å². The van der Waals surface area contributed by atoms with Crippen LogP contribution in [0.5, 0.6) is 23.0 Å². The first-order valence-corrected chi connectivity index (χ1v) is 13.2. The standard InChI is InChI=1S/C32H31NO8/c1-16-28(36)26(18(3)34)30-27(29(16)37)32(4)24(41-30)15-21(35)25(31(32)38)17(2)33-13-12-20(23-11-8-14-40-23)19-9-6-7-10-22(19)39-5/h6-11,14-15,20,33,36-37H,12-13H2,1-5H3/b25-17+/t20-,32-/m0/s1. The average molecular weight is 558 g/mol. The molecule has 0 unspecified atom stereocenters. The number of ketones is 3. The molecule has 0 saturated heterocycles. The number of allylic oxidation sites excluding steroid dienone is 4. The number of methoxy groups -OCH3 is 1. The van der Waals surface area contributed by atoms with Crippen LogP contribution < -0.4 is 14.8 Å². The lowest BCUT2D eigenvalue weighted by atomic mass is 9.70. The van der Waals surface area contributed by atoms with Gasteiger partial charge in [0.1, 0.15) is 45.5 Å². The van der Waals surface area contributed by atoms with Gasteiger partial charge in [0.05, 0.1) is 24.5 Å². The van der Waals surface area contributed by atoms with E-state index in [1.807, 2.05) is 36.4 Å². The van der Waals surface area contributed by atoms with Crippen molar-refractivity contribution in [1.29, 1.82) is 0 Å². The molecular weight excluding hydrogens is 526 g/mol. The van der Waals surface area contributed by atoms with Crippen molar-refractivity contribution in [1.82, 2.24) is 5.32 Å². The monoisotopic (exact) mass is 557 g/mol. The summed E-state index contributed by atoms with van der Waals surface area (Å²) in [6.45, 7) is 6.29. The van der Waals surface area contributed by atoms with Gasteiger partial charge in [-0.1, -0.05) is 18.2 Å². The number of Topliss-reactive ketones (excluding diaryl/α,β-unsaturated/α-hetero) is 2. The van der Waals surface area contributed by atoms with Gasteiger partial charge in [-0.25, -0.2) is 0 Å². The number of carbonyl (C=O) groups excluding carboxylic acids is 3. The predicted molar refractivity (Wildman–Crippen MR) is 149 cm³/mol. The summed E-state index contributed by atoms with van der Waals surface area (Å²) in [6, 6.07) is 11.4. The smallest absolute Gasteiger partial charge is 0.194 e. The van der Waals surface area contributed by atoms with Gasteiger partial charge in [0.25, 0.3) is 0 Å². The van der Waals surface area contributed by atoms with Crippen molar-refractivity contribution in [3.05, 3.63) is 93.8 Å². The van der Waals surface area contributed by atoms with Gasteiger partial charge in [0, 0.05) is 35.4 Å². The lowest BCUT2D eigenvalue weighted by molar-refractivity contribution is -0.123. The summed E-state index contributed by atoms with van der Waals surface area (Å²) in [5, 5.41) is 24.8. The van der Waals surface area contributed by atoms with Crippen LogP contribution in [0.15, 0.2) is 70.2 Å². The molecule has 3 aromatic rings. The maximum Gasteiger partial charge on any atom is 0.194 e. The van der Waals surface area contributed by atoms with Crippen LogP contribution in [0.2, 0.25) is 0 Å². The van der Waals surface area contributed by atoms with Gasteiger partial charge in [-0.2, -0.15) is 0 Å². The number of phenolic OH excluding ortho intramolecular Hbond substituents is 2. The fraction of sp³-hybridized carbons (Fsp3) is 0.281. The molecule has 1 aliphatic carbocycles. The van der Waals surface area contributed by atoms with E-state index in [4.69, 9.17) is 13.9 Å². The zero-order chi connectivity index (χ0) is 29.6. The number of aromatic hydroxyl groups is 2. The van der Waals surface area contributed by atoms with E-state index in [0.717, 1.165) is 17.1 Å². The summed E-state index contributed by atoms with van der Waals surface area (Å²) in [5.74, 6) is -1.22. The lowest BCUT2D eigenvalue weighted by Gasteiger charge is -2.29. The molecule has 0 radical (unpaired) electrons. The fourth-order valence-corrected chi connectivity index (χ4v) is 5.75. The summed E-state index contributed by atoms with van der Waals surface area (Å²) < 4.78 is 17.1. The Bertz CT molecular complexity index is 1650. The van der Waals surface area contributed by atoms with E-state index in [9.17, 15) is 24.6 Å². The summed E-state index contributed by atoms with van der Waals surface area (Å²) in [7, 11) is 1.61. The summed E-state index contributed by atoms with van der Waals surface area (Å²) >= 11 is 0. The van der Waals surface area contributed by atoms with Crippen molar-refractivity contribution >= 4 is 17.3 Å². The van der Waals surface area contributed by atoms with Gasteiger partial charge in [0.2, 0.25) is 0 Å². The van der Waals surface area contributed by atoms with Gasteiger partial charge < -0.3 is 29.4 Å². The molecule has 2 aromatic carbocycles. The Morgan fingerprint density at radius 2 is 1.83 bits per heavy atom. The highest BCUT2D eigenvalue weighted by Gasteiger charge is 2.56. The second kappa shape index (κ2) is 10.3. The molecule has 2 aliphatic rings. The molecule has 9 heteroatoms. The number of phenols is 2. The summed E-state index contributed by atoms with van der Waals surface area (Å²) in [5.41, 5.74) is -0.377. The molecule has 3 N–H and O–H groups in total. The Morgan fingerprint density at radius 3 is 2.49 bits per heavy atom. The van der Waals surface area contributed by atoms with Crippen molar-refractivity contribution < 1.29 is 38.5 Å². The largest absolute Gasteiger partial charge is 0.507 e.